The molecule has 10 heteroatoms. The minimum Gasteiger partial charge on any atom is -0.484 e. The van der Waals surface area contributed by atoms with Gasteiger partial charge in [0.05, 0.1) is 13.7 Å². The third kappa shape index (κ3) is 6.34. The average molecular weight is 507 g/mol. The maximum Gasteiger partial charge on any atom is 0.383 e. The quantitative estimate of drug-likeness (QED) is 0.482. The van der Waals surface area contributed by atoms with Crippen LogP contribution in [0.2, 0.25) is 0 Å². The highest BCUT2D eigenvalue weighted by Crippen LogP contribution is 2.30. The number of nitrogens with one attached hydrogen (secondary N) is 1. The number of aromatic nitrogens is 2. The fourth-order valence-corrected chi connectivity index (χ4v) is 3.71. The first kappa shape index (κ1) is 25.1. The van der Waals surface area contributed by atoms with E-state index in [0.29, 0.717) is 28.6 Å². The number of amides is 1. The van der Waals surface area contributed by atoms with Crippen LogP contribution < -0.4 is 9.98 Å². The standard InChI is InChI=1S/C26H21F2N5O2S/c1-33(2)12-4-5-17-8-10-18(19(13-17)20-14-21(24(27)28)29-15-22(20)35-3)25(34)30-26-32-31-23(36-26)11-9-16-6-7-16/h8,10,13-14,16,24H,6-7,12H2,1-3H3/p+1. The predicted octanol–water partition coefficient (Wildman–Crippen LogP) is 2.84. The van der Waals surface area contributed by atoms with E-state index in [1.807, 2.05) is 19.0 Å². The Morgan fingerprint density at radius 1 is 1.33 bits per heavy atom. The minimum absolute atomic E-state index is 0.125. The lowest BCUT2D eigenvalue weighted by molar-refractivity contribution is 0.102. The van der Waals surface area contributed by atoms with Gasteiger partial charge >= 0.3 is 18.0 Å². The molecule has 1 saturated carbocycles. The van der Waals surface area contributed by atoms with Crippen molar-refractivity contribution in [3.8, 4) is 23.7 Å². The monoisotopic (exact) mass is 506 g/mol. The first-order chi connectivity index (χ1) is 17.3. The van der Waals surface area contributed by atoms with Crippen LogP contribution in [0.3, 0.4) is 0 Å². The number of anilines is 1. The van der Waals surface area contributed by atoms with E-state index in [4.69, 9.17) is 4.74 Å². The van der Waals surface area contributed by atoms with Crippen LogP contribution in [0, 0.1) is 29.6 Å². The van der Waals surface area contributed by atoms with E-state index < -0.39 is 18.0 Å². The van der Waals surface area contributed by atoms with Gasteiger partial charge in [-0.2, -0.15) is 8.78 Å². The SMILES string of the molecule is COC1=C=[N+]=C(C(F)F)C=C1c1cc(C#CCN(C)C)ccc1C(=O)Nc1nnc(C#CC2CC2)s1. The van der Waals surface area contributed by atoms with Crippen LogP contribution >= 0.6 is 11.3 Å². The summed E-state index contributed by atoms with van der Waals surface area (Å²) in [5, 5.41) is 11.5. The molecule has 1 N–H and O–H groups in total. The van der Waals surface area contributed by atoms with Gasteiger partial charge in [-0.25, -0.2) is 0 Å². The molecule has 4 rings (SSSR count). The Morgan fingerprint density at radius 3 is 2.83 bits per heavy atom. The Hall–Kier alpha value is -4.04. The Bertz CT molecular complexity index is 1450. The highest BCUT2D eigenvalue weighted by molar-refractivity contribution is 7.15. The normalized spacial score (nSPS) is 14.2. The van der Waals surface area contributed by atoms with Crippen LogP contribution in [-0.2, 0) is 4.74 Å². The molecule has 1 aromatic heterocycles. The Balaban J connectivity index is 1.69. The first-order valence-corrected chi connectivity index (χ1v) is 11.8. The van der Waals surface area contributed by atoms with Crippen LogP contribution in [0.15, 0.2) is 30.0 Å². The lowest BCUT2D eigenvalue weighted by Gasteiger charge is -2.13. The largest absolute Gasteiger partial charge is 0.484 e. The van der Waals surface area contributed by atoms with Gasteiger partial charge in [0.1, 0.15) is 0 Å². The van der Waals surface area contributed by atoms with Crippen molar-refractivity contribution < 1.29 is 18.3 Å². The highest BCUT2D eigenvalue weighted by Gasteiger charge is 2.30. The smallest absolute Gasteiger partial charge is 0.383 e. The van der Waals surface area contributed by atoms with Gasteiger partial charge < -0.3 is 4.74 Å². The summed E-state index contributed by atoms with van der Waals surface area (Å²) >= 11 is 1.16. The van der Waals surface area contributed by atoms with Crippen molar-refractivity contribution in [1.29, 1.82) is 0 Å². The summed E-state index contributed by atoms with van der Waals surface area (Å²) in [6, 6.07) is 4.94. The summed E-state index contributed by atoms with van der Waals surface area (Å²) in [6.07, 6.45) is 0.565. The summed E-state index contributed by atoms with van der Waals surface area (Å²) in [4.78, 5) is 15.2. The fraction of sp³-hybridized carbons (Fsp3) is 0.308. The van der Waals surface area contributed by atoms with Crippen molar-refractivity contribution in [3.63, 3.8) is 0 Å². The molecule has 182 valence electrons. The third-order valence-corrected chi connectivity index (χ3v) is 5.79. The van der Waals surface area contributed by atoms with E-state index in [2.05, 4.69) is 49.7 Å². The second kappa shape index (κ2) is 11.1. The molecule has 1 fully saturated rings. The van der Waals surface area contributed by atoms with Gasteiger partial charge in [0.2, 0.25) is 5.13 Å². The minimum atomic E-state index is -2.82. The summed E-state index contributed by atoms with van der Waals surface area (Å²) in [5.74, 6) is 14.7. The van der Waals surface area contributed by atoms with E-state index in [1.165, 1.54) is 13.2 Å². The number of ether oxygens (including phenoxy) is 1. The Labute approximate surface area is 211 Å². The van der Waals surface area contributed by atoms with E-state index in [0.717, 1.165) is 24.2 Å². The zero-order valence-electron chi connectivity index (χ0n) is 19.9. The maximum atomic E-state index is 13.4. The van der Waals surface area contributed by atoms with Crippen LogP contribution in [0.5, 0.6) is 0 Å². The predicted molar refractivity (Wildman–Crippen MR) is 136 cm³/mol. The number of carbonyl (C=O) groups excluding carboxylic acids is 1. The number of methoxy groups -OCH3 is 1. The van der Waals surface area contributed by atoms with Gasteiger partial charge in [-0.1, -0.05) is 29.1 Å². The zero-order chi connectivity index (χ0) is 25.7. The molecule has 0 atom stereocenters. The number of carbonyl (C=O) groups is 1. The van der Waals surface area contributed by atoms with Crippen LogP contribution in [0.25, 0.3) is 5.57 Å². The Morgan fingerprint density at radius 2 is 2.14 bits per heavy atom. The number of hydrogen-bond donors (Lipinski definition) is 1. The van der Waals surface area contributed by atoms with E-state index in [-0.39, 0.29) is 22.0 Å². The molecule has 7 nitrogen and oxygen atoms in total. The molecule has 0 spiro atoms. The summed E-state index contributed by atoms with van der Waals surface area (Å²) < 4.78 is 35.8. The molecule has 2 heterocycles. The van der Waals surface area contributed by atoms with Gasteiger partial charge in [0.25, 0.3) is 11.7 Å². The number of rotatable bonds is 6. The van der Waals surface area contributed by atoms with E-state index in [1.54, 1.807) is 18.2 Å². The molecule has 2 aromatic rings. The van der Waals surface area contributed by atoms with Crippen molar-refractivity contribution >= 4 is 39.5 Å². The van der Waals surface area contributed by atoms with Crippen LogP contribution in [0.1, 0.15) is 39.3 Å². The van der Waals surface area contributed by atoms with Crippen molar-refractivity contribution in [2.75, 3.05) is 33.1 Å². The zero-order valence-corrected chi connectivity index (χ0v) is 20.7. The van der Waals surface area contributed by atoms with Crippen molar-refractivity contribution in [3.05, 3.63) is 51.7 Å². The number of halogens is 2. The first-order valence-electron chi connectivity index (χ1n) is 11.0. The van der Waals surface area contributed by atoms with Crippen LogP contribution in [-0.4, -0.2) is 66.8 Å². The maximum absolute atomic E-state index is 13.4. The van der Waals surface area contributed by atoms with E-state index >= 15 is 0 Å². The second-order valence-electron chi connectivity index (χ2n) is 8.25. The van der Waals surface area contributed by atoms with Gasteiger partial charge in [-0.05, 0) is 55.7 Å². The van der Waals surface area contributed by atoms with Crippen molar-refractivity contribution in [2.24, 2.45) is 5.92 Å². The van der Waals surface area contributed by atoms with Crippen LogP contribution in [0.4, 0.5) is 13.9 Å². The number of alkyl halides is 2. The summed E-state index contributed by atoms with van der Waals surface area (Å²) in [6.45, 7) is 0.530. The van der Waals surface area contributed by atoms with Gasteiger partial charge in [0.15, 0.2) is 5.01 Å². The third-order valence-electron chi connectivity index (χ3n) is 5.04. The molecule has 0 unspecified atom stereocenters. The molecular formula is C26H22F2N5O2S+. The lowest BCUT2D eigenvalue weighted by atomic mass is 9.94. The molecule has 0 bridgehead atoms. The molecule has 0 radical (unpaired) electrons. The van der Waals surface area contributed by atoms with E-state index in [9.17, 15) is 13.6 Å². The van der Waals surface area contributed by atoms with Gasteiger partial charge in [-0.15, -0.1) is 10.2 Å². The lowest BCUT2D eigenvalue weighted by Crippen LogP contribution is -2.18. The number of hydrogen-bond acceptors (Lipinski definition) is 6. The number of nitrogens with zero attached hydrogens (tertiary/aromatic N) is 4. The molecule has 1 aliphatic heterocycles. The second-order valence-corrected chi connectivity index (χ2v) is 9.23. The van der Waals surface area contributed by atoms with Crippen molar-refractivity contribution in [1.82, 2.24) is 19.8 Å². The summed E-state index contributed by atoms with van der Waals surface area (Å²) in [5.41, 5.74) is 0.933. The molecule has 2 aliphatic rings. The number of benzene rings is 1. The van der Waals surface area contributed by atoms with Gasteiger partial charge in [-0.3, -0.25) is 15.0 Å². The van der Waals surface area contributed by atoms with Gasteiger partial charge in [0, 0.05) is 34.3 Å². The summed E-state index contributed by atoms with van der Waals surface area (Å²) in [7, 11) is 5.17. The highest BCUT2D eigenvalue weighted by atomic mass is 32.1. The molecule has 36 heavy (non-hydrogen) atoms. The topological polar surface area (TPSA) is 81.5 Å². The molecule has 0 saturated heterocycles. The Kier molecular flexibility index (Phi) is 7.75. The molecular weight excluding hydrogens is 484 g/mol. The van der Waals surface area contributed by atoms with Crippen molar-refractivity contribution in [2.45, 2.75) is 19.3 Å². The molecule has 1 amide bonds. The fourth-order valence-electron chi connectivity index (χ4n) is 3.11. The number of allylic oxidation sites excluding steroid dienone is 2. The molecule has 1 aliphatic carbocycles. The average Bonchev–Trinajstić information content (AvgIpc) is 3.59. The molecule has 1 aromatic carbocycles.